The molecule has 1 atom stereocenters. The molecule has 66 valence electrons. The first-order valence-corrected chi connectivity index (χ1v) is 3.80. The molecule has 0 aliphatic rings. The Hall–Kier alpha value is -0.930. The Morgan fingerprint density at radius 3 is 2.75 bits per heavy atom. The largest absolute Gasteiger partial charge is 0.392 e. The van der Waals surface area contributed by atoms with Crippen LogP contribution < -0.4 is 5.73 Å². The maximum atomic E-state index is 13.0. The van der Waals surface area contributed by atoms with E-state index in [1.165, 1.54) is 6.07 Å². The summed E-state index contributed by atoms with van der Waals surface area (Å²) in [6.45, 7) is 1.62. The van der Waals surface area contributed by atoms with E-state index in [0.29, 0.717) is 11.1 Å². The van der Waals surface area contributed by atoms with Gasteiger partial charge in [-0.2, -0.15) is 0 Å². The third-order valence-electron chi connectivity index (χ3n) is 1.73. The highest BCUT2D eigenvalue weighted by Gasteiger charge is 2.06. The number of aliphatic hydroxyl groups excluding tert-OH is 1. The fourth-order valence-electron chi connectivity index (χ4n) is 1.04. The summed E-state index contributed by atoms with van der Waals surface area (Å²) in [5, 5.41) is 8.77. The van der Waals surface area contributed by atoms with Crippen LogP contribution in [0.2, 0.25) is 0 Å². The van der Waals surface area contributed by atoms with Gasteiger partial charge in [-0.15, -0.1) is 0 Å². The second-order valence-electron chi connectivity index (χ2n) is 2.80. The third-order valence-corrected chi connectivity index (χ3v) is 1.73. The van der Waals surface area contributed by atoms with Crippen molar-refractivity contribution in [2.45, 2.75) is 19.6 Å². The molecule has 3 heteroatoms. The average molecular weight is 169 g/mol. The average Bonchev–Trinajstić information content (AvgIpc) is 2.05. The van der Waals surface area contributed by atoms with Gasteiger partial charge in [0.2, 0.25) is 0 Å². The second kappa shape index (κ2) is 3.65. The summed E-state index contributed by atoms with van der Waals surface area (Å²) < 4.78 is 13.0. The molecule has 0 spiro atoms. The summed E-state index contributed by atoms with van der Waals surface area (Å²) in [7, 11) is 0. The van der Waals surface area contributed by atoms with Crippen molar-refractivity contribution < 1.29 is 9.50 Å². The van der Waals surface area contributed by atoms with E-state index in [-0.39, 0.29) is 18.5 Å². The van der Waals surface area contributed by atoms with Crippen LogP contribution in [0.4, 0.5) is 4.39 Å². The van der Waals surface area contributed by atoms with Crippen molar-refractivity contribution in [1.82, 2.24) is 0 Å². The predicted molar refractivity (Wildman–Crippen MR) is 44.9 cm³/mol. The van der Waals surface area contributed by atoms with E-state index in [0.717, 1.165) is 0 Å². The summed E-state index contributed by atoms with van der Waals surface area (Å²) >= 11 is 0. The first-order valence-electron chi connectivity index (χ1n) is 3.80. The van der Waals surface area contributed by atoms with Gasteiger partial charge < -0.3 is 10.8 Å². The van der Waals surface area contributed by atoms with E-state index in [1.807, 2.05) is 0 Å². The molecule has 2 nitrogen and oxygen atoms in total. The zero-order valence-electron chi connectivity index (χ0n) is 6.92. The SMILES string of the molecule is C[C@@H](N)c1cc(CO)ccc1F. The molecular formula is C9H12FNO. The number of halogens is 1. The van der Waals surface area contributed by atoms with Crippen molar-refractivity contribution >= 4 is 0 Å². The van der Waals surface area contributed by atoms with Gasteiger partial charge in [0, 0.05) is 11.6 Å². The summed E-state index contributed by atoms with van der Waals surface area (Å²) in [5.74, 6) is -0.317. The van der Waals surface area contributed by atoms with Gasteiger partial charge in [-0.25, -0.2) is 4.39 Å². The summed E-state index contributed by atoms with van der Waals surface area (Å²) in [6, 6.07) is 4.11. The van der Waals surface area contributed by atoms with Crippen LogP contribution in [0, 0.1) is 5.82 Å². The molecule has 0 saturated heterocycles. The fourth-order valence-corrected chi connectivity index (χ4v) is 1.04. The highest BCUT2D eigenvalue weighted by atomic mass is 19.1. The van der Waals surface area contributed by atoms with Crippen LogP contribution in [0.5, 0.6) is 0 Å². The van der Waals surface area contributed by atoms with Gasteiger partial charge in [-0.1, -0.05) is 6.07 Å². The molecule has 0 aliphatic carbocycles. The van der Waals surface area contributed by atoms with Crippen molar-refractivity contribution in [3.05, 3.63) is 35.1 Å². The molecule has 1 aromatic carbocycles. The van der Waals surface area contributed by atoms with Crippen LogP contribution in [0.1, 0.15) is 24.1 Å². The van der Waals surface area contributed by atoms with Gasteiger partial charge in [0.05, 0.1) is 6.61 Å². The Kier molecular flexibility index (Phi) is 2.78. The Balaban J connectivity index is 3.08. The van der Waals surface area contributed by atoms with Crippen LogP contribution in [-0.2, 0) is 6.61 Å². The molecule has 0 aliphatic heterocycles. The monoisotopic (exact) mass is 169 g/mol. The summed E-state index contributed by atoms with van der Waals surface area (Å²) in [6.07, 6.45) is 0. The molecule has 0 fully saturated rings. The molecule has 1 rings (SSSR count). The van der Waals surface area contributed by atoms with E-state index < -0.39 is 0 Å². The lowest BCUT2D eigenvalue weighted by Crippen LogP contribution is -2.07. The number of benzene rings is 1. The number of hydrogen-bond donors (Lipinski definition) is 2. The quantitative estimate of drug-likeness (QED) is 0.701. The highest BCUT2D eigenvalue weighted by Crippen LogP contribution is 2.16. The van der Waals surface area contributed by atoms with Crippen LogP contribution >= 0.6 is 0 Å². The minimum Gasteiger partial charge on any atom is -0.392 e. The van der Waals surface area contributed by atoms with Crippen molar-refractivity contribution in [2.75, 3.05) is 0 Å². The molecule has 0 saturated carbocycles. The third kappa shape index (κ3) is 1.81. The van der Waals surface area contributed by atoms with E-state index >= 15 is 0 Å². The molecular weight excluding hydrogens is 157 g/mol. The van der Waals surface area contributed by atoms with Gasteiger partial charge in [-0.05, 0) is 24.6 Å². The van der Waals surface area contributed by atoms with Gasteiger partial charge >= 0.3 is 0 Å². The number of aliphatic hydroxyl groups is 1. The lowest BCUT2D eigenvalue weighted by atomic mass is 10.1. The molecule has 0 radical (unpaired) electrons. The van der Waals surface area contributed by atoms with Crippen LogP contribution in [0.25, 0.3) is 0 Å². The van der Waals surface area contributed by atoms with Gasteiger partial charge in [-0.3, -0.25) is 0 Å². The van der Waals surface area contributed by atoms with Crippen molar-refractivity contribution in [3.8, 4) is 0 Å². The first kappa shape index (κ1) is 9.16. The molecule has 0 unspecified atom stereocenters. The molecule has 3 N–H and O–H groups in total. The van der Waals surface area contributed by atoms with E-state index in [1.54, 1.807) is 19.1 Å². The Bertz CT molecular complexity index is 273. The van der Waals surface area contributed by atoms with Crippen LogP contribution in [0.15, 0.2) is 18.2 Å². The second-order valence-corrected chi connectivity index (χ2v) is 2.80. The Labute approximate surface area is 70.8 Å². The maximum absolute atomic E-state index is 13.0. The smallest absolute Gasteiger partial charge is 0.127 e. The lowest BCUT2D eigenvalue weighted by molar-refractivity contribution is 0.281. The number of rotatable bonds is 2. The zero-order chi connectivity index (χ0) is 9.14. The highest BCUT2D eigenvalue weighted by molar-refractivity contribution is 5.26. The van der Waals surface area contributed by atoms with E-state index in [2.05, 4.69) is 0 Å². The van der Waals surface area contributed by atoms with Crippen LogP contribution in [0.3, 0.4) is 0 Å². The number of hydrogen-bond acceptors (Lipinski definition) is 2. The topological polar surface area (TPSA) is 46.2 Å². The molecule has 0 aromatic heterocycles. The fraction of sp³-hybridized carbons (Fsp3) is 0.333. The lowest BCUT2D eigenvalue weighted by Gasteiger charge is -2.08. The van der Waals surface area contributed by atoms with Gasteiger partial charge in [0.25, 0.3) is 0 Å². The standard InChI is InChI=1S/C9H12FNO/c1-6(11)8-4-7(5-12)2-3-9(8)10/h2-4,6,12H,5,11H2,1H3/t6-/m1/s1. The summed E-state index contributed by atoms with van der Waals surface area (Å²) in [5.41, 5.74) is 6.65. The van der Waals surface area contributed by atoms with Gasteiger partial charge in [0.1, 0.15) is 5.82 Å². The maximum Gasteiger partial charge on any atom is 0.127 e. The van der Waals surface area contributed by atoms with Crippen molar-refractivity contribution in [3.63, 3.8) is 0 Å². The number of nitrogens with two attached hydrogens (primary N) is 1. The van der Waals surface area contributed by atoms with Crippen LogP contribution in [-0.4, -0.2) is 5.11 Å². The predicted octanol–water partition coefficient (Wildman–Crippen LogP) is 1.34. The minimum atomic E-state index is -0.337. The minimum absolute atomic E-state index is 0.0833. The van der Waals surface area contributed by atoms with E-state index in [9.17, 15) is 4.39 Å². The normalized spacial score (nSPS) is 13.0. The Morgan fingerprint density at radius 2 is 2.25 bits per heavy atom. The zero-order valence-corrected chi connectivity index (χ0v) is 6.92. The molecule has 12 heavy (non-hydrogen) atoms. The molecule has 1 aromatic rings. The molecule has 0 amide bonds. The molecule has 0 bridgehead atoms. The first-order chi connectivity index (χ1) is 5.65. The van der Waals surface area contributed by atoms with E-state index in [4.69, 9.17) is 10.8 Å². The molecule has 0 heterocycles. The summed E-state index contributed by atoms with van der Waals surface area (Å²) in [4.78, 5) is 0. The van der Waals surface area contributed by atoms with Crippen molar-refractivity contribution in [2.24, 2.45) is 5.73 Å². The van der Waals surface area contributed by atoms with Gasteiger partial charge in [0.15, 0.2) is 0 Å². The van der Waals surface area contributed by atoms with Crippen molar-refractivity contribution in [1.29, 1.82) is 0 Å². The Morgan fingerprint density at radius 1 is 1.58 bits per heavy atom.